The van der Waals surface area contributed by atoms with Crippen molar-refractivity contribution in [2.45, 2.75) is 107 Å². The smallest absolute Gasteiger partial charge is 0.332 e. The number of rotatable bonds is 18. The zero-order valence-electron chi connectivity index (χ0n) is 36.3. The van der Waals surface area contributed by atoms with E-state index in [9.17, 15) is 24.0 Å². The van der Waals surface area contributed by atoms with Crippen LogP contribution in [0.5, 0.6) is 0 Å². The average Bonchev–Trinajstić information content (AvgIpc) is 3.99. The summed E-state index contributed by atoms with van der Waals surface area (Å²) in [5, 5.41) is 8.86. The number of amides is 4. The summed E-state index contributed by atoms with van der Waals surface area (Å²) in [6.45, 7) is 15.1. The third kappa shape index (κ3) is 9.21. The van der Waals surface area contributed by atoms with Gasteiger partial charge in [-0.3, -0.25) is 28.5 Å². The number of carbonyl (C=O) groups excluding carboxylic acids is 5. The fourth-order valence-corrected chi connectivity index (χ4v) is 7.73. The number of primary amides is 2. The highest BCUT2D eigenvalue weighted by Crippen LogP contribution is 2.21. The predicted molar refractivity (Wildman–Crippen MR) is 229 cm³/mol. The van der Waals surface area contributed by atoms with Crippen LogP contribution in [0.15, 0.2) is 58.5 Å². The molecule has 0 radical (unpaired) electrons. The van der Waals surface area contributed by atoms with Crippen molar-refractivity contribution in [3.8, 4) is 0 Å². The van der Waals surface area contributed by atoms with Gasteiger partial charge in [0.05, 0.1) is 46.2 Å². The molecule has 0 saturated heterocycles. The lowest BCUT2D eigenvalue weighted by molar-refractivity contribution is -0.150. The Morgan fingerprint density at radius 2 is 1.05 bits per heavy atom. The summed E-state index contributed by atoms with van der Waals surface area (Å²) in [5.41, 5.74) is 17.3. The van der Waals surface area contributed by atoms with Crippen LogP contribution in [-0.2, 0) is 53.5 Å². The van der Waals surface area contributed by atoms with Gasteiger partial charge in [-0.1, -0.05) is 0 Å². The van der Waals surface area contributed by atoms with Crippen molar-refractivity contribution in [1.29, 1.82) is 0 Å². The molecule has 6 rings (SSSR count). The number of imidazole rings is 2. The van der Waals surface area contributed by atoms with Crippen LogP contribution in [0.1, 0.15) is 101 Å². The first-order chi connectivity index (χ1) is 29.7. The molecule has 4 N–H and O–H groups in total. The fourth-order valence-electron chi connectivity index (χ4n) is 7.73. The molecule has 0 bridgehead atoms. The summed E-state index contributed by atoms with van der Waals surface area (Å²) in [5.74, 6) is -2.71. The van der Waals surface area contributed by atoms with Crippen molar-refractivity contribution in [1.82, 2.24) is 37.8 Å². The molecule has 19 heteroatoms. The first-order valence-electron chi connectivity index (χ1n) is 20.8. The number of fused-ring (bicyclic) bond motifs is 2. The van der Waals surface area contributed by atoms with Crippen molar-refractivity contribution in [2.24, 2.45) is 21.5 Å². The Labute approximate surface area is 357 Å². The van der Waals surface area contributed by atoms with Crippen LogP contribution in [-0.4, -0.2) is 86.7 Å². The van der Waals surface area contributed by atoms with Gasteiger partial charge in [-0.2, -0.15) is 20.2 Å². The van der Waals surface area contributed by atoms with Crippen molar-refractivity contribution in [2.75, 3.05) is 13.2 Å². The van der Waals surface area contributed by atoms with E-state index in [-0.39, 0.29) is 26.3 Å². The number of nitrogens with zero attached hydrogens (tertiary/aromatic N) is 10. The number of nitrogens with two attached hydrogens (primary N) is 2. The molecule has 6 aromatic rings. The van der Waals surface area contributed by atoms with Crippen LogP contribution in [0.2, 0.25) is 0 Å². The van der Waals surface area contributed by atoms with Crippen LogP contribution >= 0.6 is 0 Å². The van der Waals surface area contributed by atoms with Gasteiger partial charge in [0.1, 0.15) is 18.0 Å². The van der Waals surface area contributed by atoms with Crippen molar-refractivity contribution in [3.05, 3.63) is 93.7 Å². The van der Waals surface area contributed by atoms with E-state index in [1.54, 1.807) is 64.8 Å². The van der Waals surface area contributed by atoms with Gasteiger partial charge in [-0.05, 0) is 110 Å². The minimum absolute atomic E-state index is 0.177. The highest BCUT2D eigenvalue weighted by Gasteiger charge is 2.22. The highest BCUT2D eigenvalue weighted by atomic mass is 16.6. The molecule has 0 aliphatic rings. The van der Waals surface area contributed by atoms with Crippen LogP contribution in [0.3, 0.4) is 0 Å². The van der Waals surface area contributed by atoms with Gasteiger partial charge < -0.3 is 39.2 Å². The summed E-state index contributed by atoms with van der Waals surface area (Å²) >= 11 is 0. The Hall–Kier alpha value is -6.89. The van der Waals surface area contributed by atoms with Gasteiger partial charge in [-0.15, -0.1) is 0 Å². The molecule has 2 aromatic carbocycles. The number of esters is 1. The molecule has 4 amide bonds. The molecule has 0 saturated carbocycles. The monoisotopic (exact) mass is 850 g/mol. The summed E-state index contributed by atoms with van der Waals surface area (Å²) in [4.78, 5) is 74.3. The predicted octanol–water partition coefficient (Wildman–Crippen LogP) is 3.40. The molecular weight excluding hydrogens is 797 g/mol. The van der Waals surface area contributed by atoms with Crippen LogP contribution < -0.4 is 22.7 Å². The zero-order chi connectivity index (χ0) is 44.8. The van der Waals surface area contributed by atoms with Crippen molar-refractivity contribution in [3.63, 3.8) is 0 Å². The minimum Gasteiger partial charge on any atom is -0.464 e. The highest BCUT2D eigenvalue weighted by molar-refractivity contribution is 5.98. The van der Waals surface area contributed by atoms with Gasteiger partial charge in [0, 0.05) is 50.4 Å². The largest absolute Gasteiger partial charge is 0.464 e. The summed E-state index contributed by atoms with van der Waals surface area (Å²) < 4.78 is 22.2. The van der Waals surface area contributed by atoms with Gasteiger partial charge in [0.2, 0.25) is 23.1 Å². The third-order valence-electron chi connectivity index (χ3n) is 10.6. The first-order valence-corrected chi connectivity index (χ1v) is 20.8. The molecule has 0 spiro atoms. The third-order valence-corrected chi connectivity index (χ3v) is 10.6. The normalized spacial score (nSPS) is 12.8. The molecule has 4 heterocycles. The standard InChI is InChI=1S/C43H54N12O7/c1-8-50-33-23-28(38(44)57)13-15-31(33)52(42(50)46-40(59)35-21-26(6)48-54(35)10-3)19-17-30(62-25-37(56)61-12-5)18-20-53-32-16-14-29(39(45)58)24-34(32)51(9-2)43(53)47-41(60)36-22-27(7)49-55(36)11-4/h13-16,21-24,30H,8-12,17-20,25H2,1-7H3,(H2,44,57)(H2,45,58). The minimum atomic E-state index is -0.599. The number of aromatic nitrogens is 8. The molecule has 328 valence electrons. The molecule has 0 aliphatic heterocycles. The fraction of sp³-hybridized carbons (Fsp3) is 0.419. The van der Waals surface area contributed by atoms with E-state index in [4.69, 9.17) is 20.9 Å². The lowest BCUT2D eigenvalue weighted by atomic mass is 10.1. The van der Waals surface area contributed by atoms with Gasteiger partial charge in [0.25, 0.3) is 11.8 Å². The van der Waals surface area contributed by atoms with Crippen molar-refractivity contribution < 1.29 is 33.4 Å². The number of benzene rings is 2. The Morgan fingerprint density at radius 1 is 0.613 bits per heavy atom. The lowest BCUT2D eigenvalue weighted by Gasteiger charge is -2.19. The zero-order valence-corrected chi connectivity index (χ0v) is 36.3. The number of carbonyl (C=O) groups is 5. The first kappa shape index (κ1) is 44.7. The molecule has 0 aliphatic carbocycles. The molecule has 4 aromatic heterocycles. The van der Waals surface area contributed by atoms with Gasteiger partial charge in [0.15, 0.2) is 0 Å². The molecular formula is C43H54N12O7. The van der Waals surface area contributed by atoms with Gasteiger partial charge in [-0.25, -0.2) is 4.79 Å². The van der Waals surface area contributed by atoms with Crippen LogP contribution in [0, 0.1) is 13.8 Å². The molecule has 0 unspecified atom stereocenters. The van der Waals surface area contributed by atoms with E-state index in [1.807, 2.05) is 59.8 Å². The summed E-state index contributed by atoms with van der Waals surface area (Å²) in [7, 11) is 0. The maximum absolute atomic E-state index is 13.9. The Bertz CT molecular complexity index is 2650. The molecule has 62 heavy (non-hydrogen) atoms. The van der Waals surface area contributed by atoms with E-state index in [2.05, 4.69) is 20.2 Å². The number of aryl methyl sites for hydroxylation is 8. The summed E-state index contributed by atoms with van der Waals surface area (Å²) in [6.07, 6.45) is 0.0632. The SMILES string of the molecule is CCOC(=O)COC(CCn1c(=NC(=O)c2cc(C)nn2CC)n(CC)c2cc(C(N)=O)ccc21)CCn1c(=NC(=O)c2cc(C)nn2CC)n(CC)c2cc(C(N)=O)ccc21. The van der Waals surface area contributed by atoms with E-state index in [1.165, 1.54) is 0 Å². The van der Waals surface area contributed by atoms with Gasteiger partial charge >= 0.3 is 5.97 Å². The number of hydrogen-bond acceptors (Lipinski definition) is 9. The molecule has 19 nitrogen and oxygen atoms in total. The average molecular weight is 851 g/mol. The second-order valence-electron chi connectivity index (χ2n) is 14.7. The van der Waals surface area contributed by atoms with Crippen LogP contribution in [0.4, 0.5) is 0 Å². The maximum atomic E-state index is 13.9. The van der Waals surface area contributed by atoms with E-state index in [0.717, 1.165) is 0 Å². The summed E-state index contributed by atoms with van der Waals surface area (Å²) in [6, 6.07) is 13.5. The second kappa shape index (κ2) is 19.2. The molecule has 0 atom stereocenters. The lowest BCUT2D eigenvalue weighted by Crippen LogP contribution is -2.31. The van der Waals surface area contributed by atoms with E-state index >= 15 is 0 Å². The number of ether oxygens (including phenoxy) is 2. The van der Waals surface area contributed by atoms with Crippen molar-refractivity contribution >= 4 is 51.7 Å². The quantitative estimate of drug-likeness (QED) is 0.120. The number of hydrogen-bond donors (Lipinski definition) is 2. The van der Waals surface area contributed by atoms with E-state index in [0.29, 0.717) is 106 Å². The van der Waals surface area contributed by atoms with E-state index < -0.39 is 35.7 Å². The Morgan fingerprint density at radius 3 is 1.42 bits per heavy atom. The van der Waals surface area contributed by atoms with Crippen LogP contribution in [0.25, 0.3) is 22.1 Å². The molecule has 0 fully saturated rings. The Kier molecular flexibility index (Phi) is 13.8. The maximum Gasteiger partial charge on any atom is 0.332 e. The topological polar surface area (TPSA) is 236 Å². The Balaban J connectivity index is 1.44. The second-order valence-corrected chi connectivity index (χ2v) is 14.7.